The third kappa shape index (κ3) is 39.2. The van der Waals surface area contributed by atoms with Gasteiger partial charge in [0.05, 0.1) is 0 Å². The summed E-state index contributed by atoms with van der Waals surface area (Å²) in [5.74, 6) is 0.310. The lowest BCUT2D eigenvalue weighted by molar-refractivity contribution is -0.152. The number of aliphatic hydroxyl groups is 1. The Morgan fingerprint density at radius 1 is 0.426 bits per heavy atom. The summed E-state index contributed by atoms with van der Waals surface area (Å²) >= 11 is 0. The molecule has 5 nitrogen and oxygen atoms in total. The van der Waals surface area contributed by atoms with Crippen molar-refractivity contribution in [3.8, 4) is 0 Å². The van der Waals surface area contributed by atoms with Gasteiger partial charge in [-0.05, 0) is 18.8 Å². The Hall–Kier alpha value is -1.10. The zero-order chi connectivity index (χ0) is 34.5. The maximum Gasteiger partial charge on any atom is 0.305 e. The Morgan fingerprint density at radius 2 is 0.681 bits per heavy atom. The highest BCUT2D eigenvalue weighted by Crippen LogP contribution is 2.16. The van der Waals surface area contributed by atoms with Gasteiger partial charge in [-0.1, -0.05) is 207 Å². The second-order valence-corrected chi connectivity index (χ2v) is 15.0. The van der Waals surface area contributed by atoms with Crippen molar-refractivity contribution < 1.29 is 24.2 Å². The number of aliphatic hydroxyl groups excluding tert-OH is 1. The molecule has 0 aromatic heterocycles. The second-order valence-electron chi connectivity index (χ2n) is 15.0. The zero-order valence-electron chi connectivity index (χ0n) is 32.0. The molecule has 0 bridgehead atoms. The highest BCUT2D eigenvalue weighted by Gasteiger charge is 2.12. The first-order valence-electron chi connectivity index (χ1n) is 20.9. The summed E-state index contributed by atoms with van der Waals surface area (Å²) in [5.41, 5.74) is 0. The van der Waals surface area contributed by atoms with Crippen LogP contribution in [0.1, 0.15) is 233 Å². The van der Waals surface area contributed by atoms with E-state index >= 15 is 0 Å². The number of carbonyl (C=O) groups is 2. The summed E-state index contributed by atoms with van der Waals surface area (Å²) in [4.78, 5) is 23.9. The molecule has 0 saturated heterocycles. The van der Waals surface area contributed by atoms with Crippen LogP contribution in [-0.2, 0) is 19.1 Å². The van der Waals surface area contributed by atoms with Crippen LogP contribution in [0, 0.1) is 5.92 Å². The van der Waals surface area contributed by atoms with Crippen LogP contribution in [0.5, 0.6) is 0 Å². The monoisotopic (exact) mass is 667 g/mol. The van der Waals surface area contributed by atoms with Crippen LogP contribution in [0.2, 0.25) is 0 Å². The molecular weight excluding hydrogens is 584 g/mol. The molecule has 0 aromatic carbocycles. The zero-order valence-corrected chi connectivity index (χ0v) is 32.0. The molecule has 5 heteroatoms. The minimum atomic E-state index is -0.955. The Bertz CT molecular complexity index is 649. The fourth-order valence-corrected chi connectivity index (χ4v) is 6.33. The standard InChI is InChI=1S/C42H82O5/c1-4-5-6-7-8-9-10-11-17-20-23-26-29-32-35-41(44)46-37-40(43)38-47-42(45)36-33-30-27-24-21-18-15-13-12-14-16-19-22-25-28-31-34-39(2)3/h39-40,43H,4-38H2,1-3H3/t40-/m1/s1. The minimum Gasteiger partial charge on any atom is -0.463 e. The second kappa shape index (κ2) is 37.7. The van der Waals surface area contributed by atoms with E-state index in [0.717, 1.165) is 31.6 Å². The lowest BCUT2D eigenvalue weighted by Gasteiger charge is -2.12. The normalized spacial score (nSPS) is 12.1. The molecule has 1 atom stereocenters. The molecule has 0 unspecified atom stereocenters. The van der Waals surface area contributed by atoms with Crippen molar-refractivity contribution in [2.45, 2.75) is 239 Å². The lowest BCUT2D eigenvalue weighted by Crippen LogP contribution is -2.25. The molecule has 0 aliphatic carbocycles. The summed E-state index contributed by atoms with van der Waals surface area (Å²) in [5, 5.41) is 10.0. The van der Waals surface area contributed by atoms with Crippen LogP contribution in [0.3, 0.4) is 0 Å². The fourth-order valence-electron chi connectivity index (χ4n) is 6.33. The summed E-state index contributed by atoms with van der Waals surface area (Å²) in [7, 11) is 0. The average Bonchev–Trinajstić information content (AvgIpc) is 3.05. The molecule has 47 heavy (non-hydrogen) atoms. The molecule has 0 rings (SSSR count). The predicted octanol–water partition coefficient (Wildman–Crippen LogP) is 13.0. The molecule has 0 spiro atoms. The first-order chi connectivity index (χ1) is 23.0. The van der Waals surface area contributed by atoms with E-state index in [9.17, 15) is 14.7 Å². The van der Waals surface area contributed by atoms with Crippen molar-refractivity contribution in [2.75, 3.05) is 13.2 Å². The molecule has 0 aliphatic rings. The van der Waals surface area contributed by atoms with Gasteiger partial charge in [0, 0.05) is 12.8 Å². The molecule has 0 heterocycles. The van der Waals surface area contributed by atoms with Gasteiger partial charge in [-0.15, -0.1) is 0 Å². The van der Waals surface area contributed by atoms with Crippen LogP contribution >= 0.6 is 0 Å². The highest BCUT2D eigenvalue weighted by molar-refractivity contribution is 5.69. The van der Waals surface area contributed by atoms with Gasteiger partial charge in [-0.3, -0.25) is 9.59 Å². The number of rotatable bonds is 38. The Morgan fingerprint density at radius 3 is 0.957 bits per heavy atom. The van der Waals surface area contributed by atoms with Gasteiger partial charge in [0.1, 0.15) is 19.3 Å². The molecule has 1 N–H and O–H groups in total. The van der Waals surface area contributed by atoms with Crippen LogP contribution in [0.25, 0.3) is 0 Å². The summed E-state index contributed by atoms with van der Waals surface area (Å²) < 4.78 is 10.4. The van der Waals surface area contributed by atoms with Crippen molar-refractivity contribution in [2.24, 2.45) is 5.92 Å². The quantitative estimate of drug-likeness (QED) is 0.0524. The van der Waals surface area contributed by atoms with Crippen molar-refractivity contribution >= 4 is 11.9 Å². The SMILES string of the molecule is CCCCCCCCCCCCCCCCC(=O)OC[C@@H](O)COC(=O)CCCCCCCCCCCCCCCCCCC(C)C. The average molecular weight is 667 g/mol. The van der Waals surface area contributed by atoms with E-state index in [1.165, 1.54) is 173 Å². The molecule has 0 aromatic rings. The van der Waals surface area contributed by atoms with Crippen LogP contribution in [0.4, 0.5) is 0 Å². The Balaban J connectivity index is 3.36. The topological polar surface area (TPSA) is 72.8 Å². The largest absolute Gasteiger partial charge is 0.463 e. The highest BCUT2D eigenvalue weighted by atomic mass is 16.6. The number of hydrogen-bond donors (Lipinski definition) is 1. The molecule has 0 aliphatic heterocycles. The van der Waals surface area contributed by atoms with Crippen LogP contribution in [-0.4, -0.2) is 36.4 Å². The number of ether oxygens (including phenoxy) is 2. The van der Waals surface area contributed by atoms with Gasteiger partial charge in [0.25, 0.3) is 0 Å². The Labute approximate surface area is 293 Å². The number of hydrogen-bond acceptors (Lipinski definition) is 5. The van der Waals surface area contributed by atoms with E-state index in [2.05, 4.69) is 20.8 Å². The predicted molar refractivity (Wildman–Crippen MR) is 201 cm³/mol. The molecule has 0 amide bonds. The maximum atomic E-state index is 12.0. The molecule has 0 saturated carbocycles. The van der Waals surface area contributed by atoms with E-state index < -0.39 is 6.10 Å². The van der Waals surface area contributed by atoms with Gasteiger partial charge < -0.3 is 14.6 Å². The fraction of sp³-hybridized carbons (Fsp3) is 0.952. The van der Waals surface area contributed by atoms with Gasteiger partial charge in [-0.2, -0.15) is 0 Å². The minimum absolute atomic E-state index is 0.108. The van der Waals surface area contributed by atoms with E-state index in [1.54, 1.807) is 0 Å². The van der Waals surface area contributed by atoms with E-state index in [0.29, 0.717) is 12.8 Å². The third-order valence-electron chi connectivity index (χ3n) is 9.52. The first-order valence-corrected chi connectivity index (χ1v) is 20.9. The van der Waals surface area contributed by atoms with Crippen LogP contribution in [0.15, 0.2) is 0 Å². The lowest BCUT2D eigenvalue weighted by atomic mass is 10.0. The van der Waals surface area contributed by atoms with Crippen molar-refractivity contribution in [3.63, 3.8) is 0 Å². The van der Waals surface area contributed by atoms with Gasteiger partial charge in [0.15, 0.2) is 0 Å². The molecule has 0 radical (unpaired) electrons. The maximum absolute atomic E-state index is 12.0. The Kier molecular flexibility index (Phi) is 36.8. The summed E-state index contributed by atoms with van der Waals surface area (Å²) in [6.07, 6.45) is 40.2. The molecular formula is C42H82O5. The van der Waals surface area contributed by atoms with Crippen molar-refractivity contribution in [3.05, 3.63) is 0 Å². The van der Waals surface area contributed by atoms with E-state index in [-0.39, 0.29) is 25.2 Å². The van der Waals surface area contributed by atoms with Crippen molar-refractivity contribution in [1.82, 2.24) is 0 Å². The van der Waals surface area contributed by atoms with Gasteiger partial charge >= 0.3 is 11.9 Å². The number of unbranched alkanes of at least 4 members (excludes halogenated alkanes) is 28. The van der Waals surface area contributed by atoms with Gasteiger partial charge in [0.2, 0.25) is 0 Å². The molecule has 0 fully saturated rings. The third-order valence-corrected chi connectivity index (χ3v) is 9.52. The molecule has 280 valence electrons. The summed E-state index contributed by atoms with van der Waals surface area (Å²) in [6, 6.07) is 0. The van der Waals surface area contributed by atoms with Gasteiger partial charge in [-0.25, -0.2) is 0 Å². The number of esters is 2. The first kappa shape index (κ1) is 45.9. The van der Waals surface area contributed by atoms with E-state index in [4.69, 9.17) is 9.47 Å². The smallest absolute Gasteiger partial charge is 0.305 e. The summed E-state index contributed by atoms with van der Waals surface area (Å²) in [6.45, 7) is 6.70. The van der Waals surface area contributed by atoms with E-state index in [1.807, 2.05) is 0 Å². The van der Waals surface area contributed by atoms with Crippen molar-refractivity contribution in [1.29, 1.82) is 0 Å². The number of carbonyl (C=O) groups excluding carboxylic acids is 2. The van der Waals surface area contributed by atoms with Crippen LogP contribution < -0.4 is 0 Å².